The highest BCUT2D eigenvalue weighted by atomic mass is 32.1. The lowest BCUT2D eigenvalue weighted by atomic mass is 10.3. The molecule has 2 nitrogen and oxygen atoms in total. The zero-order valence-electron chi connectivity index (χ0n) is 6.16. The molecule has 0 saturated heterocycles. The molecule has 0 saturated carbocycles. The lowest BCUT2D eigenvalue weighted by Gasteiger charge is -1.93. The third-order valence-electron chi connectivity index (χ3n) is 1.62. The number of anilines is 1. The van der Waals surface area contributed by atoms with Gasteiger partial charge in [0, 0.05) is 24.0 Å². The van der Waals surface area contributed by atoms with Crippen LogP contribution in [-0.4, -0.2) is 12.0 Å². The second kappa shape index (κ2) is 2.51. The van der Waals surface area contributed by atoms with Crippen molar-refractivity contribution in [1.82, 2.24) is 4.98 Å². The minimum absolute atomic E-state index is 1.09. The summed E-state index contributed by atoms with van der Waals surface area (Å²) in [5, 5.41) is 6.41. The maximum absolute atomic E-state index is 4.23. The van der Waals surface area contributed by atoms with Gasteiger partial charge in [0.15, 0.2) is 0 Å². The maximum Gasteiger partial charge on any atom is 0.125 e. The molecular formula is C8H8N2S. The van der Waals surface area contributed by atoms with Crippen molar-refractivity contribution in [3.8, 4) is 0 Å². The fraction of sp³-hybridized carbons (Fsp3) is 0.125. The summed E-state index contributed by atoms with van der Waals surface area (Å²) in [6.45, 7) is 0. The van der Waals surface area contributed by atoms with Crippen LogP contribution < -0.4 is 5.32 Å². The predicted octanol–water partition coefficient (Wildman–Crippen LogP) is 2.34. The molecule has 11 heavy (non-hydrogen) atoms. The van der Waals surface area contributed by atoms with Gasteiger partial charge in [-0.1, -0.05) is 0 Å². The Morgan fingerprint density at radius 3 is 3.27 bits per heavy atom. The van der Waals surface area contributed by atoms with Crippen molar-refractivity contribution in [1.29, 1.82) is 0 Å². The van der Waals surface area contributed by atoms with Gasteiger partial charge < -0.3 is 5.32 Å². The van der Waals surface area contributed by atoms with Crippen LogP contribution in [0.25, 0.3) is 10.2 Å². The van der Waals surface area contributed by atoms with Crippen LogP contribution in [0.1, 0.15) is 0 Å². The minimum Gasteiger partial charge on any atom is -0.387 e. The van der Waals surface area contributed by atoms with Gasteiger partial charge in [-0.15, -0.1) is 11.3 Å². The molecule has 2 rings (SSSR count). The van der Waals surface area contributed by atoms with E-state index in [1.54, 1.807) is 11.3 Å². The predicted molar refractivity (Wildman–Crippen MR) is 49.2 cm³/mol. The van der Waals surface area contributed by atoms with Crippen molar-refractivity contribution in [2.24, 2.45) is 0 Å². The zero-order chi connectivity index (χ0) is 7.68. The average molecular weight is 164 g/mol. The Balaban J connectivity index is 2.76. The van der Waals surface area contributed by atoms with Crippen molar-refractivity contribution >= 4 is 27.2 Å². The van der Waals surface area contributed by atoms with E-state index in [1.165, 1.54) is 5.39 Å². The summed E-state index contributed by atoms with van der Waals surface area (Å²) in [7, 11) is 1.93. The number of hydrogen-bond acceptors (Lipinski definition) is 3. The normalized spacial score (nSPS) is 10.3. The van der Waals surface area contributed by atoms with E-state index in [0.29, 0.717) is 0 Å². The molecule has 2 heterocycles. The summed E-state index contributed by atoms with van der Waals surface area (Å²) in [5.41, 5.74) is 1.16. The second-order valence-corrected chi connectivity index (χ2v) is 3.11. The van der Waals surface area contributed by atoms with Crippen LogP contribution in [-0.2, 0) is 0 Å². The van der Waals surface area contributed by atoms with Gasteiger partial charge in [0.25, 0.3) is 0 Å². The average Bonchev–Trinajstić information content (AvgIpc) is 2.47. The summed E-state index contributed by atoms with van der Waals surface area (Å²) in [6.07, 6.45) is 1.82. The molecule has 0 aliphatic carbocycles. The lowest BCUT2D eigenvalue weighted by Crippen LogP contribution is -1.84. The third kappa shape index (κ3) is 0.973. The van der Waals surface area contributed by atoms with Crippen molar-refractivity contribution in [3.05, 3.63) is 23.7 Å². The number of nitrogens with one attached hydrogen (secondary N) is 1. The Labute approximate surface area is 68.9 Å². The molecule has 3 heteroatoms. The SMILES string of the molecule is CNc1csc2ncccc12. The van der Waals surface area contributed by atoms with Crippen LogP contribution in [0.5, 0.6) is 0 Å². The molecule has 0 atom stereocenters. The molecule has 0 aliphatic rings. The quantitative estimate of drug-likeness (QED) is 0.699. The first kappa shape index (κ1) is 6.61. The van der Waals surface area contributed by atoms with Crippen LogP contribution in [0.15, 0.2) is 23.7 Å². The molecule has 2 aromatic rings. The van der Waals surface area contributed by atoms with Crippen LogP contribution in [0.3, 0.4) is 0 Å². The topological polar surface area (TPSA) is 24.9 Å². The van der Waals surface area contributed by atoms with Gasteiger partial charge >= 0.3 is 0 Å². The van der Waals surface area contributed by atoms with Crippen LogP contribution in [0.2, 0.25) is 0 Å². The molecule has 1 N–H and O–H groups in total. The number of nitrogens with zero attached hydrogens (tertiary/aromatic N) is 1. The number of fused-ring (bicyclic) bond motifs is 1. The first-order valence-corrected chi connectivity index (χ1v) is 4.30. The minimum atomic E-state index is 1.09. The van der Waals surface area contributed by atoms with Crippen molar-refractivity contribution in [2.75, 3.05) is 12.4 Å². The number of pyridine rings is 1. The fourth-order valence-electron chi connectivity index (χ4n) is 1.06. The molecule has 0 radical (unpaired) electrons. The van der Waals surface area contributed by atoms with E-state index in [4.69, 9.17) is 0 Å². The largest absolute Gasteiger partial charge is 0.387 e. The van der Waals surface area contributed by atoms with E-state index >= 15 is 0 Å². The number of aromatic nitrogens is 1. The summed E-state index contributed by atoms with van der Waals surface area (Å²) < 4.78 is 0. The van der Waals surface area contributed by atoms with E-state index in [2.05, 4.69) is 21.7 Å². The first-order chi connectivity index (χ1) is 5.42. The Hall–Kier alpha value is -1.09. The molecule has 2 aromatic heterocycles. The first-order valence-electron chi connectivity index (χ1n) is 3.42. The van der Waals surface area contributed by atoms with Crippen LogP contribution >= 0.6 is 11.3 Å². The maximum atomic E-state index is 4.23. The molecule has 0 bridgehead atoms. The van der Waals surface area contributed by atoms with E-state index in [1.807, 2.05) is 19.3 Å². The molecule has 0 fully saturated rings. The van der Waals surface area contributed by atoms with Gasteiger partial charge in [0.1, 0.15) is 4.83 Å². The number of thiophene rings is 1. The highest BCUT2D eigenvalue weighted by Gasteiger charge is 2.00. The Morgan fingerprint density at radius 1 is 1.55 bits per heavy atom. The van der Waals surface area contributed by atoms with Crippen molar-refractivity contribution < 1.29 is 0 Å². The van der Waals surface area contributed by atoms with Crippen LogP contribution in [0.4, 0.5) is 5.69 Å². The zero-order valence-corrected chi connectivity index (χ0v) is 6.98. The van der Waals surface area contributed by atoms with E-state index in [0.717, 1.165) is 10.5 Å². The molecule has 0 amide bonds. The summed E-state index contributed by atoms with van der Waals surface area (Å²) in [4.78, 5) is 5.32. The highest BCUT2D eigenvalue weighted by Crippen LogP contribution is 2.27. The van der Waals surface area contributed by atoms with Gasteiger partial charge in [0.2, 0.25) is 0 Å². The summed E-state index contributed by atoms with van der Waals surface area (Å²) in [5.74, 6) is 0. The van der Waals surface area contributed by atoms with E-state index < -0.39 is 0 Å². The molecule has 56 valence electrons. The summed E-state index contributed by atoms with van der Waals surface area (Å²) >= 11 is 1.66. The van der Waals surface area contributed by atoms with Gasteiger partial charge in [-0.3, -0.25) is 0 Å². The van der Waals surface area contributed by atoms with E-state index in [-0.39, 0.29) is 0 Å². The monoisotopic (exact) mass is 164 g/mol. The Morgan fingerprint density at radius 2 is 2.45 bits per heavy atom. The van der Waals surface area contributed by atoms with Gasteiger partial charge in [-0.2, -0.15) is 0 Å². The Kier molecular flexibility index (Phi) is 1.51. The molecule has 0 aromatic carbocycles. The van der Waals surface area contributed by atoms with E-state index in [9.17, 15) is 0 Å². The van der Waals surface area contributed by atoms with Gasteiger partial charge in [0.05, 0.1) is 5.69 Å². The third-order valence-corrected chi connectivity index (χ3v) is 2.52. The van der Waals surface area contributed by atoms with Crippen LogP contribution in [0, 0.1) is 0 Å². The lowest BCUT2D eigenvalue weighted by molar-refractivity contribution is 1.44. The fourth-order valence-corrected chi connectivity index (χ4v) is 1.96. The highest BCUT2D eigenvalue weighted by molar-refractivity contribution is 7.17. The standard InChI is InChI=1S/C8H8N2S/c1-9-7-5-11-8-6(7)3-2-4-10-8/h2-5,9H,1H3. The smallest absolute Gasteiger partial charge is 0.125 e. The van der Waals surface area contributed by atoms with Gasteiger partial charge in [-0.25, -0.2) is 4.98 Å². The molecule has 0 unspecified atom stereocenters. The Bertz CT molecular complexity index is 367. The van der Waals surface area contributed by atoms with Gasteiger partial charge in [-0.05, 0) is 12.1 Å². The molecule has 0 spiro atoms. The summed E-state index contributed by atoms with van der Waals surface area (Å²) in [6, 6.07) is 4.03. The molecule has 0 aliphatic heterocycles. The van der Waals surface area contributed by atoms with Crippen molar-refractivity contribution in [2.45, 2.75) is 0 Å². The number of rotatable bonds is 1. The second-order valence-electron chi connectivity index (χ2n) is 2.26. The van der Waals surface area contributed by atoms with Crippen molar-refractivity contribution in [3.63, 3.8) is 0 Å². The number of hydrogen-bond donors (Lipinski definition) is 1. The molecular weight excluding hydrogens is 156 g/mol.